The SMILES string of the molecule is CCCCS(=O)(=O)N[C@H](C(=O)NO)[C@@H](CC(C)C)C(=O)N[C@H](C(=O)NC)C(C)(C)C. The molecule has 11 heteroatoms. The maximum Gasteiger partial charge on any atom is 0.262 e. The lowest BCUT2D eigenvalue weighted by Crippen LogP contribution is -2.59. The normalized spacial score (nSPS) is 15.2. The van der Waals surface area contributed by atoms with Crippen LogP contribution in [0.2, 0.25) is 0 Å². The van der Waals surface area contributed by atoms with E-state index in [1.165, 1.54) is 12.5 Å². The molecule has 0 rings (SSSR count). The molecule has 0 aromatic carbocycles. The van der Waals surface area contributed by atoms with E-state index in [-0.39, 0.29) is 18.1 Å². The zero-order chi connectivity index (χ0) is 23.7. The molecule has 0 aromatic rings. The van der Waals surface area contributed by atoms with Gasteiger partial charge in [-0.05, 0) is 24.2 Å². The first-order valence-electron chi connectivity index (χ1n) is 10.2. The number of amides is 3. The van der Waals surface area contributed by atoms with Gasteiger partial charge in [0.15, 0.2) is 0 Å². The van der Waals surface area contributed by atoms with E-state index in [1.54, 1.807) is 20.8 Å². The Morgan fingerprint density at radius 2 is 1.60 bits per heavy atom. The van der Waals surface area contributed by atoms with Gasteiger partial charge in [-0.3, -0.25) is 19.6 Å². The van der Waals surface area contributed by atoms with Crippen molar-refractivity contribution in [3.05, 3.63) is 0 Å². The number of hydroxylamine groups is 1. The Balaban J connectivity index is 5.98. The van der Waals surface area contributed by atoms with Crippen molar-refractivity contribution in [2.45, 2.75) is 72.9 Å². The van der Waals surface area contributed by atoms with Crippen molar-refractivity contribution in [1.82, 2.24) is 20.8 Å². The first kappa shape index (κ1) is 28.3. The minimum atomic E-state index is -3.87. The molecule has 10 nitrogen and oxygen atoms in total. The number of sulfonamides is 1. The number of likely N-dealkylation sites (N-methyl/N-ethyl adjacent to an activating group) is 1. The van der Waals surface area contributed by atoms with Gasteiger partial charge in [0.25, 0.3) is 5.91 Å². The molecule has 0 bridgehead atoms. The van der Waals surface area contributed by atoms with E-state index in [9.17, 15) is 22.8 Å². The average molecular weight is 451 g/mol. The van der Waals surface area contributed by atoms with Crippen LogP contribution >= 0.6 is 0 Å². The molecule has 0 aliphatic carbocycles. The maximum atomic E-state index is 13.1. The molecule has 0 spiro atoms. The van der Waals surface area contributed by atoms with Crippen molar-refractivity contribution in [3.63, 3.8) is 0 Å². The fraction of sp³-hybridized carbons (Fsp3) is 0.842. The van der Waals surface area contributed by atoms with Crippen LogP contribution in [0.4, 0.5) is 0 Å². The predicted octanol–water partition coefficient (Wildman–Crippen LogP) is 0.519. The number of carbonyl (C=O) groups excluding carboxylic acids is 3. The van der Waals surface area contributed by atoms with Crippen LogP contribution < -0.4 is 20.8 Å². The standard InChI is InChI=1S/C19H38N4O6S/c1-8-9-10-30(28,29)23-14(17(25)22-27)13(11-12(2)3)16(24)21-15(18(26)20-7)19(4,5)6/h12-15,23,27H,8-11H2,1-7H3,(H,20,26)(H,21,24)(H,22,25)/t13-,14+,15-/m1/s1. The topological polar surface area (TPSA) is 154 Å². The maximum absolute atomic E-state index is 13.1. The first-order chi connectivity index (χ1) is 13.7. The van der Waals surface area contributed by atoms with Crippen molar-refractivity contribution in [3.8, 4) is 0 Å². The van der Waals surface area contributed by atoms with Gasteiger partial charge in [-0.15, -0.1) is 0 Å². The molecular formula is C19H38N4O6S. The molecule has 0 unspecified atom stereocenters. The van der Waals surface area contributed by atoms with Crippen LogP contribution in [0.3, 0.4) is 0 Å². The Hall–Kier alpha value is -1.72. The van der Waals surface area contributed by atoms with Crippen molar-refractivity contribution in [2.75, 3.05) is 12.8 Å². The van der Waals surface area contributed by atoms with Gasteiger partial charge in [0.1, 0.15) is 12.1 Å². The van der Waals surface area contributed by atoms with Crippen molar-refractivity contribution in [2.24, 2.45) is 17.3 Å². The van der Waals surface area contributed by atoms with E-state index < -0.39 is 51.2 Å². The molecule has 5 N–H and O–H groups in total. The van der Waals surface area contributed by atoms with Crippen LogP contribution in [0.1, 0.15) is 60.8 Å². The summed E-state index contributed by atoms with van der Waals surface area (Å²) in [5.74, 6) is -3.52. The smallest absolute Gasteiger partial charge is 0.262 e. The highest BCUT2D eigenvalue weighted by Gasteiger charge is 2.40. The summed E-state index contributed by atoms with van der Waals surface area (Å²) in [4.78, 5) is 37.7. The second-order valence-electron chi connectivity index (χ2n) is 8.90. The second-order valence-corrected chi connectivity index (χ2v) is 10.8. The van der Waals surface area contributed by atoms with E-state index in [2.05, 4.69) is 15.4 Å². The lowest BCUT2D eigenvalue weighted by Gasteiger charge is -2.33. The van der Waals surface area contributed by atoms with Gasteiger partial charge in [0.2, 0.25) is 21.8 Å². The van der Waals surface area contributed by atoms with Crippen LogP contribution in [0.5, 0.6) is 0 Å². The Kier molecular flexibility index (Phi) is 11.5. The summed E-state index contributed by atoms with van der Waals surface area (Å²) in [6.07, 6.45) is 1.17. The summed E-state index contributed by atoms with van der Waals surface area (Å²) >= 11 is 0. The van der Waals surface area contributed by atoms with Crippen molar-refractivity contribution in [1.29, 1.82) is 0 Å². The molecule has 3 atom stereocenters. The van der Waals surface area contributed by atoms with Crippen LogP contribution in [0.15, 0.2) is 0 Å². The largest absolute Gasteiger partial charge is 0.357 e. The first-order valence-corrected chi connectivity index (χ1v) is 11.8. The van der Waals surface area contributed by atoms with Crippen LogP contribution in [0, 0.1) is 17.3 Å². The molecule has 3 amide bonds. The average Bonchev–Trinajstić information content (AvgIpc) is 2.64. The van der Waals surface area contributed by atoms with Gasteiger partial charge in [0, 0.05) is 7.05 Å². The molecule has 0 fully saturated rings. The van der Waals surface area contributed by atoms with Gasteiger partial charge < -0.3 is 10.6 Å². The third-order valence-corrected chi connectivity index (χ3v) is 6.03. The molecule has 0 radical (unpaired) electrons. The highest BCUT2D eigenvalue weighted by Crippen LogP contribution is 2.23. The summed E-state index contributed by atoms with van der Waals surface area (Å²) < 4.78 is 27.1. The Morgan fingerprint density at radius 1 is 1.03 bits per heavy atom. The van der Waals surface area contributed by atoms with Gasteiger partial charge >= 0.3 is 0 Å². The van der Waals surface area contributed by atoms with E-state index in [0.717, 1.165) is 0 Å². The Bertz CT molecular complexity index is 688. The van der Waals surface area contributed by atoms with E-state index in [1.807, 2.05) is 20.8 Å². The summed E-state index contributed by atoms with van der Waals surface area (Å²) in [7, 11) is -2.42. The van der Waals surface area contributed by atoms with Crippen LogP contribution in [0.25, 0.3) is 0 Å². The Morgan fingerprint density at radius 3 is 2.00 bits per heavy atom. The quantitative estimate of drug-likeness (QED) is 0.216. The molecule has 0 saturated heterocycles. The molecule has 0 heterocycles. The number of unbranched alkanes of at least 4 members (excludes halogenated alkanes) is 1. The molecule has 0 aliphatic rings. The monoisotopic (exact) mass is 450 g/mol. The number of rotatable bonds is 12. The van der Waals surface area contributed by atoms with Crippen LogP contribution in [-0.2, 0) is 24.4 Å². The van der Waals surface area contributed by atoms with Crippen LogP contribution in [-0.4, -0.2) is 56.2 Å². The van der Waals surface area contributed by atoms with Crippen molar-refractivity contribution >= 4 is 27.7 Å². The van der Waals surface area contributed by atoms with Gasteiger partial charge in [-0.2, -0.15) is 0 Å². The minimum absolute atomic E-state index is 0.0667. The highest BCUT2D eigenvalue weighted by atomic mass is 32.2. The molecule has 0 aromatic heterocycles. The number of nitrogens with one attached hydrogen (secondary N) is 4. The summed E-state index contributed by atoms with van der Waals surface area (Å²) in [5.41, 5.74) is 0.813. The third kappa shape index (κ3) is 9.40. The summed E-state index contributed by atoms with van der Waals surface area (Å²) in [6, 6.07) is -2.43. The van der Waals surface area contributed by atoms with E-state index in [4.69, 9.17) is 5.21 Å². The fourth-order valence-corrected chi connectivity index (χ4v) is 4.39. The lowest BCUT2D eigenvalue weighted by atomic mass is 9.84. The molecule has 0 saturated carbocycles. The Labute approximate surface area is 180 Å². The number of hydrogen-bond acceptors (Lipinski definition) is 6. The van der Waals surface area contributed by atoms with E-state index >= 15 is 0 Å². The summed E-state index contributed by atoms with van der Waals surface area (Å²) in [6.45, 7) is 10.8. The van der Waals surface area contributed by atoms with Gasteiger partial charge in [-0.25, -0.2) is 18.6 Å². The molecule has 176 valence electrons. The highest BCUT2D eigenvalue weighted by molar-refractivity contribution is 7.89. The predicted molar refractivity (Wildman–Crippen MR) is 114 cm³/mol. The minimum Gasteiger partial charge on any atom is -0.357 e. The summed E-state index contributed by atoms with van der Waals surface area (Å²) in [5, 5.41) is 14.3. The zero-order valence-electron chi connectivity index (χ0n) is 19.0. The van der Waals surface area contributed by atoms with Gasteiger partial charge in [-0.1, -0.05) is 48.0 Å². The number of hydrogen-bond donors (Lipinski definition) is 5. The third-order valence-electron chi connectivity index (χ3n) is 4.59. The molecular weight excluding hydrogens is 412 g/mol. The molecule has 30 heavy (non-hydrogen) atoms. The van der Waals surface area contributed by atoms with Crippen molar-refractivity contribution < 1.29 is 28.0 Å². The number of carbonyl (C=O) groups is 3. The zero-order valence-corrected chi connectivity index (χ0v) is 19.9. The lowest BCUT2D eigenvalue weighted by molar-refractivity contribution is -0.139. The van der Waals surface area contributed by atoms with Gasteiger partial charge in [0.05, 0.1) is 11.7 Å². The van der Waals surface area contributed by atoms with E-state index in [0.29, 0.717) is 12.8 Å². The molecule has 0 aliphatic heterocycles. The fourth-order valence-electron chi connectivity index (χ4n) is 2.95. The second kappa shape index (κ2) is 12.2.